The summed E-state index contributed by atoms with van der Waals surface area (Å²) in [7, 11) is -3.55. The van der Waals surface area contributed by atoms with Crippen molar-refractivity contribution in [2.45, 2.75) is 37.9 Å². The monoisotopic (exact) mass is 293 g/mol. The second kappa shape index (κ2) is 6.19. The van der Waals surface area contributed by atoms with E-state index in [0.717, 1.165) is 12.0 Å². The van der Waals surface area contributed by atoms with E-state index in [4.69, 9.17) is 0 Å². The molecule has 20 heavy (non-hydrogen) atoms. The Morgan fingerprint density at radius 3 is 2.50 bits per heavy atom. The van der Waals surface area contributed by atoms with Crippen LogP contribution in [0.25, 0.3) is 0 Å². The van der Waals surface area contributed by atoms with Crippen LogP contribution in [0.1, 0.15) is 25.8 Å². The maximum absolute atomic E-state index is 12.7. The standard InChI is InChI=1S/C14H19N3O2S/c1-3-12(2)17(11-13-7-5-4-6-8-13)20(18,19)14-9-10-15-16-14/h4-10,12H,3,11H2,1-2H3,(H,15,16). The van der Waals surface area contributed by atoms with Gasteiger partial charge in [-0.1, -0.05) is 37.3 Å². The number of sulfonamides is 1. The minimum atomic E-state index is -3.55. The van der Waals surface area contributed by atoms with Gasteiger partial charge in [-0.3, -0.25) is 5.10 Å². The van der Waals surface area contributed by atoms with Crippen molar-refractivity contribution < 1.29 is 8.42 Å². The molecule has 1 aromatic carbocycles. The lowest BCUT2D eigenvalue weighted by atomic mass is 10.2. The predicted octanol–water partition coefficient (Wildman–Crippen LogP) is 2.40. The number of nitrogens with one attached hydrogen (secondary N) is 1. The van der Waals surface area contributed by atoms with Crippen molar-refractivity contribution in [3.8, 4) is 0 Å². The number of benzene rings is 1. The fourth-order valence-corrected chi connectivity index (χ4v) is 3.55. The lowest BCUT2D eigenvalue weighted by Crippen LogP contribution is -2.37. The molecule has 1 N–H and O–H groups in total. The van der Waals surface area contributed by atoms with E-state index in [1.807, 2.05) is 44.2 Å². The molecular formula is C14H19N3O2S. The van der Waals surface area contributed by atoms with Crippen LogP contribution in [0.15, 0.2) is 47.6 Å². The molecule has 1 unspecified atom stereocenters. The summed E-state index contributed by atoms with van der Waals surface area (Å²) in [6, 6.07) is 11.0. The Morgan fingerprint density at radius 2 is 1.95 bits per heavy atom. The van der Waals surface area contributed by atoms with Crippen molar-refractivity contribution in [3.63, 3.8) is 0 Å². The van der Waals surface area contributed by atoms with E-state index in [0.29, 0.717) is 6.54 Å². The lowest BCUT2D eigenvalue weighted by molar-refractivity contribution is 0.322. The fourth-order valence-electron chi connectivity index (χ4n) is 1.96. The van der Waals surface area contributed by atoms with E-state index in [1.54, 1.807) is 0 Å². The minimum absolute atomic E-state index is 0.0801. The first kappa shape index (κ1) is 14.7. The second-order valence-electron chi connectivity index (χ2n) is 4.71. The molecule has 0 aliphatic carbocycles. The zero-order chi connectivity index (χ0) is 14.6. The highest BCUT2D eigenvalue weighted by Gasteiger charge is 2.29. The molecule has 2 rings (SSSR count). The Kier molecular flexibility index (Phi) is 4.57. The number of rotatable bonds is 6. The Balaban J connectivity index is 2.34. The van der Waals surface area contributed by atoms with Gasteiger partial charge in [0, 0.05) is 12.6 Å². The van der Waals surface area contributed by atoms with E-state index < -0.39 is 10.0 Å². The topological polar surface area (TPSA) is 66.1 Å². The normalized spacial score (nSPS) is 13.6. The molecule has 0 amide bonds. The van der Waals surface area contributed by atoms with Crippen LogP contribution in [0.4, 0.5) is 0 Å². The Hall–Kier alpha value is -1.66. The van der Waals surface area contributed by atoms with Gasteiger partial charge in [-0.15, -0.1) is 0 Å². The maximum atomic E-state index is 12.7. The molecule has 1 aromatic heterocycles. The Bertz CT molecular complexity index is 624. The number of aromatic amines is 1. The van der Waals surface area contributed by atoms with Gasteiger partial charge in [0.2, 0.25) is 0 Å². The first-order chi connectivity index (χ1) is 9.55. The van der Waals surface area contributed by atoms with Crippen molar-refractivity contribution >= 4 is 10.0 Å². The third kappa shape index (κ3) is 3.08. The Morgan fingerprint density at radius 1 is 1.25 bits per heavy atom. The summed E-state index contributed by atoms with van der Waals surface area (Å²) in [5.41, 5.74) is 0.968. The molecule has 1 heterocycles. The fraction of sp³-hybridized carbons (Fsp3) is 0.357. The first-order valence-electron chi connectivity index (χ1n) is 6.61. The molecule has 0 fully saturated rings. The highest BCUT2D eigenvalue weighted by atomic mass is 32.2. The van der Waals surface area contributed by atoms with Crippen LogP contribution in [-0.4, -0.2) is 29.0 Å². The van der Waals surface area contributed by atoms with Gasteiger partial charge in [0.25, 0.3) is 10.0 Å². The molecule has 5 nitrogen and oxygen atoms in total. The summed E-state index contributed by atoms with van der Waals surface area (Å²) in [4.78, 5) is 0. The lowest BCUT2D eigenvalue weighted by Gasteiger charge is -2.27. The average molecular weight is 293 g/mol. The summed E-state index contributed by atoms with van der Waals surface area (Å²) >= 11 is 0. The Labute approximate surface area is 119 Å². The van der Waals surface area contributed by atoms with Crippen molar-refractivity contribution in [3.05, 3.63) is 48.2 Å². The van der Waals surface area contributed by atoms with E-state index in [-0.39, 0.29) is 11.1 Å². The molecule has 0 saturated heterocycles. The van der Waals surface area contributed by atoms with E-state index in [1.165, 1.54) is 16.6 Å². The SMILES string of the molecule is CCC(C)N(Cc1ccccc1)S(=O)(=O)c1ccn[nH]1. The molecule has 108 valence electrons. The largest absolute Gasteiger partial charge is 0.266 e. The van der Waals surface area contributed by atoms with Crippen LogP contribution >= 0.6 is 0 Å². The van der Waals surface area contributed by atoms with Crippen LogP contribution in [0.2, 0.25) is 0 Å². The van der Waals surface area contributed by atoms with E-state index in [9.17, 15) is 8.42 Å². The number of nitrogens with zero attached hydrogens (tertiary/aromatic N) is 2. The number of hydrogen-bond donors (Lipinski definition) is 1. The van der Waals surface area contributed by atoms with Gasteiger partial charge in [-0.05, 0) is 25.0 Å². The number of hydrogen-bond acceptors (Lipinski definition) is 3. The average Bonchev–Trinajstić information content (AvgIpc) is 3.00. The zero-order valence-electron chi connectivity index (χ0n) is 11.7. The van der Waals surface area contributed by atoms with Gasteiger partial charge in [0.15, 0.2) is 5.03 Å². The van der Waals surface area contributed by atoms with Crippen molar-refractivity contribution in [2.24, 2.45) is 0 Å². The molecule has 0 aliphatic heterocycles. The molecule has 0 bridgehead atoms. The molecule has 0 saturated carbocycles. The second-order valence-corrected chi connectivity index (χ2v) is 6.57. The van der Waals surface area contributed by atoms with Crippen LogP contribution in [0.5, 0.6) is 0 Å². The van der Waals surface area contributed by atoms with Crippen LogP contribution in [-0.2, 0) is 16.6 Å². The zero-order valence-corrected chi connectivity index (χ0v) is 12.5. The number of H-pyrrole nitrogens is 1. The predicted molar refractivity (Wildman–Crippen MR) is 77.5 cm³/mol. The van der Waals surface area contributed by atoms with Gasteiger partial charge in [-0.25, -0.2) is 8.42 Å². The highest BCUT2D eigenvalue weighted by Crippen LogP contribution is 2.20. The smallest absolute Gasteiger partial charge is 0.260 e. The van der Waals surface area contributed by atoms with Crippen molar-refractivity contribution in [1.82, 2.24) is 14.5 Å². The van der Waals surface area contributed by atoms with E-state index >= 15 is 0 Å². The summed E-state index contributed by atoms with van der Waals surface area (Å²) in [5, 5.41) is 6.41. The summed E-state index contributed by atoms with van der Waals surface area (Å²) < 4.78 is 26.8. The third-order valence-corrected chi connectivity index (χ3v) is 5.22. The van der Waals surface area contributed by atoms with Crippen molar-refractivity contribution in [2.75, 3.05) is 0 Å². The minimum Gasteiger partial charge on any atom is -0.266 e. The molecule has 2 aromatic rings. The van der Waals surface area contributed by atoms with E-state index in [2.05, 4.69) is 10.2 Å². The summed E-state index contributed by atoms with van der Waals surface area (Å²) in [6.07, 6.45) is 2.20. The highest BCUT2D eigenvalue weighted by molar-refractivity contribution is 7.89. The van der Waals surface area contributed by atoms with Gasteiger partial charge >= 0.3 is 0 Å². The molecule has 0 spiro atoms. The van der Waals surface area contributed by atoms with Gasteiger partial charge < -0.3 is 0 Å². The molecule has 1 atom stereocenters. The first-order valence-corrected chi connectivity index (χ1v) is 8.05. The van der Waals surface area contributed by atoms with Crippen LogP contribution in [0, 0.1) is 0 Å². The third-order valence-electron chi connectivity index (χ3n) is 3.33. The van der Waals surface area contributed by atoms with Gasteiger partial charge in [0.05, 0.1) is 6.20 Å². The maximum Gasteiger partial charge on any atom is 0.260 e. The molecular weight excluding hydrogens is 274 g/mol. The van der Waals surface area contributed by atoms with Crippen LogP contribution < -0.4 is 0 Å². The van der Waals surface area contributed by atoms with Crippen molar-refractivity contribution in [1.29, 1.82) is 0 Å². The quantitative estimate of drug-likeness (QED) is 0.889. The number of aromatic nitrogens is 2. The molecule has 6 heteroatoms. The molecule has 0 radical (unpaired) electrons. The molecule has 0 aliphatic rings. The van der Waals surface area contributed by atoms with Gasteiger partial charge in [0.1, 0.15) is 0 Å². The summed E-state index contributed by atoms with van der Waals surface area (Å²) in [5.74, 6) is 0. The van der Waals surface area contributed by atoms with Gasteiger partial charge in [-0.2, -0.15) is 9.40 Å². The summed E-state index contributed by atoms with van der Waals surface area (Å²) in [6.45, 7) is 4.25. The van der Waals surface area contributed by atoms with Crippen LogP contribution in [0.3, 0.4) is 0 Å².